The summed E-state index contributed by atoms with van der Waals surface area (Å²) >= 11 is 0. The smallest absolute Gasteiger partial charge is 0.410 e. The van der Waals surface area contributed by atoms with Crippen LogP contribution >= 0.6 is 0 Å². The van der Waals surface area contributed by atoms with Gasteiger partial charge in [-0.1, -0.05) is 88.4 Å². The van der Waals surface area contributed by atoms with E-state index < -0.39 is 42.3 Å². The van der Waals surface area contributed by atoms with Gasteiger partial charge in [0.05, 0.1) is 29.0 Å². The summed E-state index contributed by atoms with van der Waals surface area (Å²) in [7, 11) is -0.460. The third kappa shape index (κ3) is 8.60. The Morgan fingerprint density at radius 1 is 0.742 bits per heavy atom. The van der Waals surface area contributed by atoms with Gasteiger partial charge in [-0.3, -0.25) is 25.1 Å². The molecule has 16 heteroatoms. The lowest BCUT2D eigenvalue weighted by molar-refractivity contribution is -0.537. The van der Waals surface area contributed by atoms with Crippen LogP contribution in [0.15, 0.2) is 143 Å². The predicted octanol–water partition coefficient (Wildman–Crippen LogP) is 9.34. The minimum Gasteiger partial charge on any atom is -0.445 e. The van der Waals surface area contributed by atoms with Crippen LogP contribution in [0.2, 0.25) is 0 Å². The van der Waals surface area contributed by atoms with Crippen molar-refractivity contribution < 1.29 is 36.6 Å². The maximum atomic E-state index is 13.4. The fourth-order valence-electron chi connectivity index (χ4n) is 9.74. The van der Waals surface area contributed by atoms with Gasteiger partial charge in [-0.2, -0.15) is 8.42 Å². The van der Waals surface area contributed by atoms with Gasteiger partial charge in [0.15, 0.2) is 18.0 Å². The number of non-ortho nitro benzene ring substituents is 1. The van der Waals surface area contributed by atoms with E-state index in [-0.39, 0.29) is 23.2 Å². The Bertz CT molecular complexity index is 2800. The first-order chi connectivity index (χ1) is 31.4. The van der Waals surface area contributed by atoms with Crippen LogP contribution < -0.4 is 14.0 Å². The Hall–Kier alpha value is -7.07. The van der Waals surface area contributed by atoms with E-state index in [2.05, 4.69) is 129 Å². The number of piperazine rings is 1. The minimum atomic E-state index is -4.73. The molecule has 66 heavy (non-hydrogen) atoms. The molecule has 0 N–H and O–H groups in total. The predicted molar refractivity (Wildman–Crippen MR) is 253 cm³/mol. The van der Waals surface area contributed by atoms with Crippen LogP contribution in [0, 0.1) is 20.2 Å². The first-order valence-corrected chi connectivity index (χ1v) is 23.3. The standard InChI is InChI=1S/C50H53N6O9S/c1-49(2)39-14-7-9-16-41(39)51(5)45(49)26-20-35-12-11-13-36(21-27-46-50(3,4)40-15-8-10-17-42(40)52(46)6)47(35)53-28-30-54(31-29-53)48(57)64-33-34-18-23-38(24-19-34)65-66(62,63)44-25-22-37(55(58)59)32-43(44)56(60)61/h7-10,14-27,32H,11-13,28-31,33H2,1-6H3/q+1. The molecule has 8 rings (SSSR count). The van der Waals surface area contributed by atoms with Gasteiger partial charge in [-0.15, -0.1) is 0 Å². The van der Waals surface area contributed by atoms with E-state index in [4.69, 9.17) is 8.92 Å². The third-order valence-corrected chi connectivity index (χ3v) is 14.5. The number of hydrogen-bond donors (Lipinski definition) is 0. The van der Waals surface area contributed by atoms with Crippen molar-refractivity contribution in [2.45, 2.75) is 69.3 Å². The van der Waals surface area contributed by atoms with E-state index >= 15 is 0 Å². The van der Waals surface area contributed by atoms with Crippen molar-refractivity contribution in [2.24, 2.45) is 0 Å². The second kappa shape index (κ2) is 17.7. The first-order valence-electron chi connectivity index (χ1n) is 21.9. The number of carbonyl (C=O) groups excluding carboxylic acids is 1. The van der Waals surface area contributed by atoms with Crippen molar-refractivity contribution in [2.75, 3.05) is 50.1 Å². The molecular weight excluding hydrogens is 861 g/mol. The maximum absolute atomic E-state index is 13.4. The quantitative estimate of drug-likeness (QED) is 0.0679. The zero-order chi connectivity index (χ0) is 47.1. The number of para-hydroxylation sites is 2. The molecule has 0 atom stereocenters. The van der Waals surface area contributed by atoms with Crippen LogP contribution in [0.1, 0.15) is 63.6 Å². The SMILES string of the molecule is CN1/C(=C/C=C2\CCC/C(=C\C=C3\N(C)c4ccccc4C3(C)C)C2=[N+]2CCN(C(=O)OCc3ccc(OS(=O)(=O)c4ccc([N+](=O)[O-])cc4[N+](=O)[O-])cc3)CC2)C(C)(C)c2ccccc21. The van der Waals surface area contributed by atoms with Crippen LogP contribution in [-0.4, -0.2) is 79.8 Å². The van der Waals surface area contributed by atoms with Crippen molar-refractivity contribution >= 4 is 44.7 Å². The highest BCUT2D eigenvalue weighted by molar-refractivity contribution is 7.87. The number of nitro groups is 2. The number of anilines is 2. The van der Waals surface area contributed by atoms with Gasteiger partial charge in [0, 0.05) is 64.9 Å². The molecular formula is C50H53N6O9S+. The highest BCUT2D eigenvalue weighted by atomic mass is 32.2. The molecule has 1 amide bonds. The Labute approximate surface area is 384 Å². The molecule has 4 aliphatic rings. The van der Waals surface area contributed by atoms with E-state index in [1.54, 1.807) is 4.90 Å². The van der Waals surface area contributed by atoms with E-state index in [1.165, 1.54) is 75.0 Å². The maximum Gasteiger partial charge on any atom is 0.410 e. The number of likely N-dealkylation sites (N-methyl/N-ethyl adjacent to an activating group) is 2. The van der Waals surface area contributed by atoms with Gasteiger partial charge >= 0.3 is 16.2 Å². The van der Waals surface area contributed by atoms with Crippen molar-refractivity contribution in [1.82, 2.24) is 4.90 Å². The lowest BCUT2D eigenvalue weighted by Crippen LogP contribution is -2.47. The molecule has 0 radical (unpaired) electrons. The fraction of sp³-hybridized carbons (Fsp3) is 0.320. The molecule has 1 aliphatic carbocycles. The highest BCUT2D eigenvalue weighted by Crippen LogP contribution is 2.48. The van der Waals surface area contributed by atoms with Crippen LogP contribution in [0.3, 0.4) is 0 Å². The number of nitro benzene ring substituents is 2. The Kier molecular flexibility index (Phi) is 12.2. The molecule has 2 fully saturated rings. The largest absolute Gasteiger partial charge is 0.445 e. The summed E-state index contributed by atoms with van der Waals surface area (Å²) in [5.41, 5.74) is 9.84. The number of nitrogens with zero attached hydrogens (tertiary/aromatic N) is 6. The number of amides is 1. The van der Waals surface area contributed by atoms with Gasteiger partial charge in [0.1, 0.15) is 12.4 Å². The topological polar surface area (TPSA) is 169 Å². The molecule has 0 aromatic heterocycles. The molecule has 3 aliphatic heterocycles. The van der Waals surface area contributed by atoms with E-state index in [1.807, 2.05) is 0 Å². The molecule has 1 saturated heterocycles. The number of allylic oxidation sites excluding steroid dienone is 8. The Balaban J connectivity index is 0.995. The second-order valence-electron chi connectivity index (χ2n) is 18.0. The summed E-state index contributed by atoms with van der Waals surface area (Å²) in [5, 5.41) is 22.6. The third-order valence-electron chi connectivity index (χ3n) is 13.2. The molecule has 0 unspecified atom stereocenters. The fourth-order valence-corrected chi connectivity index (χ4v) is 10.8. The molecule has 0 bridgehead atoms. The average molecular weight is 914 g/mol. The Morgan fingerprint density at radius 2 is 1.27 bits per heavy atom. The summed E-state index contributed by atoms with van der Waals surface area (Å²) in [6.07, 6.45) is 11.6. The second-order valence-corrected chi connectivity index (χ2v) is 19.5. The summed E-state index contributed by atoms with van der Waals surface area (Å²) < 4.78 is 39.2. The number of rotatable bonds is 9. The van der Waals surface area contributed by atoms with Gasteiger partial charge in [0.2, 0.25) is 5.71 Å². The zero-order valence-corrected chi connectivity index (χ0v) is 38.7. The number of fused-ring (bicyclic) bond motifs is 2. The van der Waals surface area contributed by atoms with Gasteiger partial charge in [-0.25, -0.2) is 9.37 Å². The van der Waals surface area contributed by atoms with Gasteiger partial charge in [0.25, 0.3) is 11.4 Å². The summed E-state index contributed by atoms with van der Waals surface area (Å²) in [6, 6.07) is 25.0. The average Bonchev–Trinajstić information content (AvgIpc) is 3.62. The zero-order valence-electron chi connectivity index (χ0n) is 37.9. The number of carbonyl (C=O) groups is 1. The normalized spacial score (nSPS) is 20.2. The monoisotopic (exact) mass is 913 g/mol. The van der Waals surface area contributed by atoms with Crippen LogP contribution in [0.4, 0.5) is 27.5 Å². The van der Waals surface area contributed by atoms with Crippen molar-refractivity contribution in [3.8, 4) is 5.75 Å². The molecule has 15 nitrogen and oxygen atoms in total. The van der Waals surface area contributed by atoms with Crippen molar-refractivity contribution in [1.29, 1.82) is 0 Å². The summed E-state index contributed by atoms with van der Waals surface area (Å²) in [4.78, 5) is 39.7. The molecule has 1 saturated carbocycles. The highest BCUT2D eigenvalue weighted by Gasteiger charge is 2.40. The van der Waals surface area contributed by atoms with E-state index in [0.29, 0.717) is 37.8 Å². The van der Waals surface area contributed by atoms with Gasteiger partial charge < -0.3 is 18.7 Å². The van der Waals surface area contributed by atoms with E-state index in [0.717, 1.165) is 31.4 Å². The first kappa shape index (κ1) is 45.5. The van der Waals surface area contributed by atoms with Crippen molar-refractivity contribution in [3.63, 3.8) is 0 Å². The molecule has 342 valence electrons. The van der Waals surface area contributed by atoms with Crippen LogP contribution in [0.5, 0.6) is 5.75 Å². The van der Waals surface area contributed by atoms with Crippen LogP contribution in [0.25, 0.3) is 0 Å². The minimum absolute atomic E-state index is 0.0935. The lowest BCUT2D eigenvalue weighted by Gasteiger charge is -2.28. The molecule has 4 aromatic carbocycles. The van der Waals surface area contributed by atoms with Gasteiger partial charge in [-0.05, 0) is 78.4 Å². The Morgan fingerprint density at radius 3 is 1.77 bits per heavy atom. The number of hydrogen-bond acceptors (Lipinski definition) is 11. The molecule has 0 spiro atoms. The van der Waals surface area contributed by atoms with E-state index in [9.17, 15) is 33.4 Å². The summed E-state index contributed by atoms with van der Waals surface area (Å²) in [5.74, 6) is -0.156. The molecule has 4 aromatic rings. The van der Waals surface area contributed by atoms with Crippen LogP contribution in [-0.2, 0) is 32.3 Å². The number of benzene rings is 4. The molecule has 3 heterocycles. The summed E-state index contributed by atoms with van der Waals surface area (Å²) in [6.45, 7) is 11.1. The number of ether oxygens (including phenoxy) is 1. The lowest BCUT2D eigenvalue weighted by atomic mass is 9.82. The van der Waals surface area contributed by atoms with Crippen molar-refractivity contribution in [3.05, 3.63) is 175 Å².